The number of hydrogen-bond acceptors (Lipinski definition) is 5. The van der Waals surface area contributed by atoms with E-state index in [4.69, 9.17) is 15.9 Å². The molecule has 0 saturated heterocycles. The van der Waals surface area contributed by atoms with E-state index in [9.17, 15) is 19.5 Å². The number of aliphatic carboxylic acids is 2. The predicted molar refractivity (Wildman–Crippen MR) is 63.9 cm³/mol. The van der Waals surface area contributed by atoms with Crippen LogP contribution in [0.25, 0.3) is 0 Å². The Kier molecular flexibility index (Phi) is 7.18. The molecule has 8 heteroatoms. The summed E-state index contributed by atoms with van der Waals surface area (Å²) in [6.45, 7) is 1.41. The maximum Gasteiger partial charge on any atom is 0.330 e. The van der Waals surface area contributed by atoms with E-state index in [1.807, 2.05) is 0 Å². The standard InChI is InChI=1S/C11H16N2O6/c1-2-3-7(14)9(11(18)19)13-8(15)5-4-6(12)10(16)17/h6-7,9,14H,4-5,12H2,1H3,(H,13,15)(H,16,17)(H,18,19)/t6-,7-,9-/m0/s1. The summed E-state index contributed by atoms with van der Waals surface area (Å²) in [5, 5.41) is 28.8. The quantitative estimate of drug-likeness (QED) is 0.341. The van der Waals surface area contributed by atoms with Crippen molar-refractivity contribution in [3.8, 4) is 11.8 Å². The van der Waals surface area contributed by atoms with Gasteiger partial charge in [-0.05, 0) is 13.3 Å². The van der Waals surface area contributed by atoms with E-state index in [1.54, 1.807) is 0 Å². The lowest BCUT2D eigenvalue weighted by atomic mass is 10.1. The number of aliphatic hydroxyl groups is 1. The molecule has 0 radical (unpaired) electrons. The minimum Gasteiger partial charge on any atom is -0.480 e. The highest BCUT2D eigenvalue weighted by molar-refractivity contribution is 5.84. The molecule has 106 valence electrons. The van der Waals surface area contributed by atoms with E-state index >= 15 is 0 Å². The van der Waals surface area contributed by atoms with Gasteiger partial charge in [0, 0.05) is 6.42 Å². The number of nitrogens with one attached hydrogen (secondary N) is 1. The molecule has 0 heterocycles. The van der Waals surface area contributed by atoms with Gasteiger partial charge in [0.15, 0.2) is 6.04 Å². The Morgan fingerprint density at radius 3 is 2.26 bits per heavy atom. The van der Waals surface area contributed by atoms with E-state index in [1.165, 1.54) is 6.92 Å². The van der Waals surface area contributed by atoms with Crippen LogP contribution in [-0.4, -0.2) is 51.4 Å². The number of carboxylic acids is 2. The highest BCUT2D eigenvalue weighted by atomic mass is 16.4. The van der Waals surface area contributed by atoms with Gasteiger partial charge in [-0.2, -0.15) is 0 Å². The Morgan fingerprint density at radius 1 is 1.26 bits per heavy atom. The molecular formula is C11H16N2O6. The fourth-order valence-corrected chi connectivity index (χ4v) is 1.16. The predicted octanol–water partition coefficient (Wildman–Crippen LogP) is -1.87. The van der Waals surface area contributed by atoms with Crippen LogP contribution < -0.4 is 11.1 Å². The molecule has 0 saturated carbocycles. The highest BCUT2D eigenvalue weighted by Crippen LogP contribution is 1.99. The lowest BCUT2D eigenvalue weighted by Crippen LogP contribution is -2.48. The van der Waals surface area contributed by atoms with Gasteiger partial charge in [0.2, 0.25) is 5.91 Å². The molecule has 0 fully saturated rings. The summed E-state index contributed by atoms with van der Waals surface area (Å²) in [7, 11) is 0. The van der Waals surface area contributed by atoms with Crippen LogP contribution in [0.1, 0.15) is 19.8 Å². The minimum atomic E-state index is -1.57. The van der Waals surface area contributed by atoms with Crippen LogP contribution in [-0.2, 0) is 14.4 Å². The Morgan fingerprint density at radius 2 is 1.84 bits per heavy atom. The van der Waals surface area contributed by atoms with Crippen LogP contribution in [0.2, 0.25) is 0 Å². The van der Waals surface area contributed by atoms with E-state index in [0.717, 1.165) is 0 Å². The van der Waals surface area contributed by atoms with Gasteiger partial charge in [0.1, 0.15) is 12.1 Å². The summed E-state index contributed by atoms with van der Waals surface area (Å²) in [6.07, 6.45) is -1.94. The number of nitrogens with two attached hydrogens (primary N) is 1. The second kappa shape index (κ2) is 8.07. The van der Waals surface area contributed by atoms with Gasteiger partial charge in [-0.1, -0.05) is 5.92 Å². The van der Waals surface area contributed by atoms with Crippen molar-refractivity contribution >= 4 is 17.8 Å². The van der Waals surface area contributed by atoms with Gasteiger partial charge in [0.05, 0.1) is 0 Å². The van der Waals surface area contributed by atoms with Crippen molar-refractivity contribution in [1.82, 2.24) is 5.32 Å². The third-order valence-corrected chi connectivity index (χ3v) is 2.19. The van der Waals surface area contributed by atoms with Crippen molar-refractivity contribution < 1.29 is 29.7 Å². The summed E-state index contributed by atoms with van der Waals surface area (Å²) in [6, 6.07) is -2.77. The molecule has 0 aromatic rings. The molecule has 6 N–H and O–H groups in total. The zero-order valence-electron chi connectivity index (χ0n) is 10.3. The second-order valence-corrected chi connectivity index (χ2v) is 3.71. The first-order chi connectivity index (χ1) is 8.79. The van der Waals surface area contributed by atoms with Crippen molar-refractivity contribution in [1.29, 1.82) is 0 Å². The first-order valence-electron chi connectivity index (χ1n) is 5.40. The summed E-state index contributed by atoms with van der Waals surface area (Å²) in [5.41, 5.74) is 5.20. The van der Waals surface area contributed by atoms with Crippen LogP contribution in [0.15, 0.2) is 0 Å². The van der Waals surface area contributed by atoms with Crippen molar-refractivity contribution in [2.24, 2.45) is 5.73 Å². The normalized spacial score (nSPS) is 14.5. The first kappa shape index (κ1) is 16.9. The number of carbonyl (C=O) groups is 3. The largest absolute Gasteiger partial charge is 0.480 e. The average molecular weight is 272 g/mol. The molecule has 8 nitrogen and oxygen atoms in total. The fourth-order valence-electron chi connectivity index (χ4n) is 1.16. The maximum atomic E-state index is 11.4. The van der Waals surface area contributed by atoms with Crippen molar-refractivity contribution in [3.63, 3.8) is 0 Å². The van der Waals surface area contributed by atoms with Gasteiger partial charge in [0.25, 0.3) is 0 Å². The number of carboxylic acid groups (broad SMARTS) is 2. The van der Waals surface area contributed by atoms with Crippen LogP contribution >= 0.6 is 0 Å². The molecular weight excluding hydrogens is 256 g/mol. The molecule has 0 rings (SSSR count). The van der Waals surface area contributed by atoms with E-state index in [2.05, 4.69) is 17.2 Å². The van der Waals surface area contributed by atoms with Crippen LogP contribution in [0.4, 0.5) is 0 Å². The topological polar surface area (TPSA) is 150 Å². The third kappa shape index (κ3) is 6.40. The lowest BCUT2D eigenvalue weighted by molar-refractivity contribution is -0.144. The van der Waals surface area contributed by atoms with Crippen molar-refractivity contribution in [2.45, 2.75) is 38.0 Å². The summed E-state index contributed by atoms with van der Waals surface area (Å²) in [5.74, 6) is 1.12. The zero-order valence-corrected chi connectivity index (χ0v) is 10.3. The smallest absolute Gasteiger partial charge is 0.330 e. The molecule has 0 aromatic carbocycles. The fraction of sp³-hybridized carbons (Fsp3) is 0.545. The first-order valence-corrected chi connectivity index (χ1v) is 5.40. The van der Waals surface area contributed by atoms with Gasteiger partial charge in [-0.15, -0.1) is 5.92 Å². The average Bonchev–Trinajstić information content (AvgIpc) is 2.32. The molecule has 1 amide bonds. The Balaban J connectivity index is 4.44. The van der Waals surface area contributed by atoms with Crippen LogP contribution in [0.3, 0.4) is 0 Å². The highest BCUT2D eigenvalue weighted by Gasteiger charge is 2.27. The van der Waals surface area contributed by atoms with Gasteiger partial charge in [-0.3, -0.25) is 9.59 Å². The summed E-state index contributed by atoms with van der Waals surface area (Å²) >= 11 is 0. The molecule has 0 bridgehead atoms. The number of carbonyl (C=O) groups excluding carboxylic acids is 1. The van der Waals surface area contributed by atoms with Gasteiger partial charge < -0.3 is 26.4 Å². The van der Waals surface area contributed by atoms with Gasteiger partial charge >= 0.3 is 11.9 Å². The second-order valence-electron chi connectivity index (χ2n) is 3.71. The van der Waals surface area contributed by atoms with Crippen LogP contribution in [0, 0.1) is 11.8 Å². The lowest BCUT2D eigenvalue weighted by Gasteiger charge is -2.16. The van der Waals surface area contributed by atoms with Crippen LogP contribution in [0.5, 0.6) is 0 Å². The number of rotatable bonds is 7. The molecule has 0 aliphatic carbocycles. The molecule has 0 unspecified atom stereocenters. The third-order valence-electron chi connectivity index (χ3n) is 2.19. The molecule has 0 aliphatic rings. The molecule has 0 aromatic heterocycles. The Hall–Kier alpha value is -2.11. The van der Waals surface area contributed by atoms with Crippen molar-refractivity contribution in [3.05, 3.63) is 0 Å². The monoisotopic (exact) mass is 272 g/mol. The number of aliphatic hydroxyl groups excluding tert-OH is 1. The van der Waals surface area contributed by atoms with Crippen molar-refractivity contribution in [2.75, 3.05) is 0 Å². The maximum absolute atomic E-state index is 11.4. The number of amides is 1. The molecule has 3 atom stereocenters. The molecule has 19 heavy (non-hydrogen) atoms. The van der Waals surface area contributed by atoms with E-state index in [0.29, 0.717) is 0 Å². The van der Waals surface area contributed by atoms with E-state index < -0.39 is 36.0 Å². The summed E-state index contributed by atoms with van der Waals surface area (Å²) < 4.78 is 0. The minimum absolute atomic E-state index is 0.136. The molecule has 0 aliphatic heterocycles. The summed E-state index contributed by atoms with van der Waals surface area (Å²) in [4.78, 5) is 32.7. The number of hydrogen-bond donors (Lipinski definition) is 5. The SMILES string of the molecule is CC#C[C@H](O)[C@H](NC(=O)CC[C@H](N)C(=O)O)C(=O)O. The Labute approximate surface area is 109 Å². The molecule has 0 spiro atoms. The zero-order chi connectivity index (χ0) is 15.0. The Bertz CT molecular complexity index is 411. The van der Waals surface area contributed by atoms with Gasteiger partial charge in [-0.25, -0.2) is 4.79 Å². The van der Waals surface area contributed by atoms with E-state index in [-0.39, 0.29) is 12.8 Å².